The number of amides is 3. The monoisotopic (exact) mass is 394 g/mol. The molecule has 2 fully saturated rings. The largest absolute Gasteiger partial charge is 0.336 e. The highest BCUT2D eigenvalue weighted by Gasteiger charge is 2.39. The van der Waals surface area contributed by atoms with Gasteiger partial charge in [0.25, 0.3) is 5.91 Å². The van der Waals surface area contributed by atoms with E-state index in [0.717, 1.165) is 26.2 Å². The van der Waals surface area contributed by atoms with Gasteiger partial charge in [-0.15, -0.1) is 0 Å². The fourth-order valence-corrected chi connectivity index (χ4v) is 4.66. The van der Waals surface area contributed by atoms with Crippen molar-refractivity contribution in [3.8, 4) is 0 Å². The lowest BCUT2D eigenvalue weighted by Gasteiger charge is -2.37. The number of nitrogens with one attached hydrogen (secondary N) is 3. The molecule has 2 aliphatic rings. The summed E-state index contributed by atoms with van der Waals surface area (Å²) in [7, 11) is 0. The fraction of sp³-hybridized carbons (Fsp3) is 0.391. The summed E-state index contributed by atoms with van der Waals surface area (Å²) < 4.78 is 0. The molecule has 6 heteroatoms. The molecule has 152 valence electrons. The number of imide groups is 1. The van der Waals surface area contributed by atoms with Crippen molar-refractivity contribution in [1.82, 2.24) is 10.2 Å². The molecule has 2 aliphatic heterocycles. The number of piperazine rings is 1. The molecule has 0 spiro atoms. The molecule has 0 bridgehead atoms. The van der Waals surface area contributed by atoms with Gasteiger partial charge in [-0.3, -0.25) is 9.69 Å². The molecule has 0 aromatic heterocycles. The van der Waals surface area contributed by atoms with E-state index >= 15 is 0 Å². The van der Waals surface area contributed by atoms with Gasteiger partial charge in [0, 0.05) is 24.2 Å². The number of quaternary nitrogens is 2. The summed E-state index contributed by atoms with van der Waals surface area (Å²) in [6.45, 7) is 6.83. The predicted molar refractivity (Wildman–Crippen MR) is 111 cm³/mol. The Kier molecular flexibility index (Phi) is 5.92. The van der Waals surface area contributed by atoms with Crippen molar-refractivity contribution >= 4 is 11.9 Å². The number of hydrogen-bond acceptors (Lipinski definition) is 2. The molecule has 1 atom stereocenters. The van der Waals surface area contributed by atoms with E-state index in [1.165, 1.54) is 25.8 Å². The highest BCUT2D eigenvalue weighted by Crippen LogP contribution is 2.18. The van der Waals surface area contributed by atoms with E-state index in [-0.39, 0.29) is 18.0 Å². The minimum absolute atomic E-state index is 0.0545. The van der Waals surface area contributed by atoms with Crippen molar-refractivity contribution in [2.75, 3.05) is 39.3 Å². The molecule has 2 heterocycles. The average Bonchev–Trinajstić information content (AvgIpc) is 3.21. The first-order valence-electron chi connectivity index (χ1n) is 10.5. The van der Waals surface area contributed by atoms with Crippen LogP contribution in [0.2, 0.25) is 0 Å². The summed E-state index contributed by atoms with van der Waals surface area (Å²) in [5, 5.41) is 2.72. The third kappa shape index (κ3) is 4.18. The van der Waals surface area contributed by atoms with Gasteiger partial charge in [0.15, 0.2) is 6.04 Å². The molecular formula is C23H30N4O2+2. The molecule has 3 amide bonds. The lowest BCUT2D eigenvalue weighted by atomic mass is 9.96. The first-order valence-corrected chi connectivity index (χ1v) is 10.5. The zero-order valence-electron chi connectivity index (χ0n) is 16.9. The average molecular weight is 395 g/mol. The van der Waals surface area contributed by atoms with E-state index in [9.17, 15) is 9.59 Å². The second-order valence-corrected chi connectivity index (χ2v) is 8.01. The van der Waals surface area contributed by atoms with Gasteiger partial charge in [-0.25, -0.2) is 4.79 Å². The minimum Gasteiger partial charge on any atom is -0.336 e. The Labute approximate surface area is 172 Å². The zero-order valence-corrected chi connectivity index (χ0v) is 16.9. The summed E-state index contributed by atoms with van der Waals surface area (Å²) in [6, 6.07) is 21.2. The quantitative estimate of drug-likeness (QED) is 0.641. The first kappa shape index (κ1) is 19.6. The maximum absolute atomic E-state index is 12.8. The Hall–Kier alpha value is -2.70. The van der Waals surface area contributed by atoms with Gasteiger partial charge in [0.05, 0.1) is 0 Å². The van der Waals surface area contributed by atoms with Crippen molar-refractivity contribution in [2.24, 2.45) is 0 Å². The highest BCUT2D eigenvalue weighted by molar-refractivity contribution is 5.97. The van der Waals surface area contributed by atoms with Crippen molar-refractivity contribution < 1.29 is 19.4 Å². The molecular weight excluding hydrogens is 364 g/mol. The molecule has 29 heavy (non-hydrogen) atoms. The van der Waals surface area contributed by atoms with Gasteiger partial charge < -0.3 is 15.1 Å². The van der Waals surface area contributed by atoms with E-state index in [0.29, 0.717) is 19.1 Å². The Bertz CT molecular complexity index is 795. The first-order chi connectivity index (χ1) is 14.1. The van der Waals surface area contributed by atoms with E-state index in [1.807, 2.05) is 6.92 Å². The zero-order chi connectivity index (χ0) is 20.2. The third-order valence-electron chi connectivity index (χ3n) is 6.31. The standard InChI is InChI=1S/C23H28N4O2/c1-18(22(28)27-13-12-24-23(27)29)25-14-16-26(17-15-25)21(19-8-4-2-5-9-19)20-10-6-3-7-11-20/h2-11,18,21H,12-17H2,1H3,(H,24,29)/p+2/t18-/m0/s1. The van der Waals surface area contributed by atoms with E-state index < -0.39 is 0 Å². The molecule has 0 saturated carbocycles. The molecule has 0 aliphatic carbocycles. The second kappa shape index (κ2) is 8.76. The summed E-state index contributed by atoms with van der Waals surface area (Å²) in [6.07, 6.45) is 0. The SMILES string of the molecule is C[C@@H](C(=O)N1CCNC1=O)[NH+]1CC[NH+](C(c2ccccc2)c2ccccc2)CC1. The van der Waals surface area contributed by atoms with Crippen LogP contribution < -0.4 is 15.1 Å². The molecule has 2 aromatic rings. The van der Waals surface area contributed by atoms with Crippen LogP contribution in [-0.2, 0) is 4.79 Å². The normalized spacial score (nSPS) is 23.1. The minimum atomic E-state index is -0.251. The number of rotatable bonds is 5. The van der Waals surface area contributed by atoms with Gasteiger partial charge >= 0.3 is 6.03 Å². The molecule has 0 unspecified atom stereocenters. The lowest BCUT2D eigenvalue weighted by Crippen LogP contribution is -3.30. The maximum atomic E-state index is 12.8. The van der Waals surface area contributed by atoms with E-state index in [1.54, 1.807) is 0 Å². The van der Waals surface area contributed by atoms with Crippen LogP contribution in [0.5, 0.6) is 0 Å². The Balaban J connectivity index is 1.45. The summed E-state index contributed by atoms with van der Waals surface area (Å²) in [4.78, 5) is 28.8. The lowest BCUT2D eigenvalue weighted by molar-refractivity contribution is -1.03. The predicted octanol–water partition coefficient (Wildman–Crippen LogP) is -0.500. The van der Waals surface area contributed by atoms with E-state index in [4.69, 9.17) is 0 Å². The van der Waals surface area contributed by atoms with Crippen LogP contribution >= 0.6 is 0 Å². The van der Waals surface area contributed by atoms with Crippen molar-refractivity contribution in [3.05, 3.63) is 71.8 Å². The Morgan fingerprint density at radius 1 is 0.897 bits per heavy atom. The van der Waals surface area contributed by atoms with Crippen molar-refractivity contribution in [2.45, 2.75) is 19.0 Å². The number of urea groups is 1. The van der Waals surface area contributed by atoms with Crippen LogP contribution in [0.25, 0.3) is 0 Å². The number of nitrogens with zero attached hydrogens (tertiary/aromatic N) is 1. The Morgan fingerprint density at radius 3 is 1.90 bits per heavy atom. The molecule has 6 nitrogen and oxygen atoms in total. The van der Waals surface area contributed by atoms with Gasteiger partial charge in [0.2, 0.25) is 0 Å². The summed E-state index contributed by atoms with van der Waals surface area (Å²) >= 11 is 0. The number of benzene rings is 2. The van der Waals surface area contributed by atoms with Crippen molar-refractivity contribution in [1.29, 1.82) is 0 Å². The van der Waals surface area contributed by atoms with Gasteiger partial charge in [-0.1, -0.05) is 60.7 Å². The van der Waals surface area contributed by atoms with Crippen LogP contribution in [0.4, 0.5) is 4.79 Å². The van der Waals surface area contributed by atoms with Crippen LogP contribution in [-0.4, -0.2) is 62.1 Å². The molecule has 3 N–H and O–H groups in total. The maximum Gasteiger partial charge on any atom is 0.324 e. The highest BCUT2D eigenvalue weighted by atomic mass is 16.2. The number of carbonyl (C=O) groups excluding carboxylic acids is 2. The Morgan fingerprint density at radius 2 is 1.41 bits per heavy atom. The third-order valence-corrected chi connectivity index (χ3v) is 6.31. The summed E-state index contributed by atoms with van der Waals surface area (Å²) in [5.41, 5.74) is 2.66. The van der Waals surface area contributed by atoms with Gasteiger partial charge in [-0.05, 0) is 6.92 Å². The van der Waals surface area contributed by atoms with Gasteiger partial charge in [-0.2, -0.15) is 0 Å². The van der Waals surface area contributed by atoms with E-state index in [2.05, 4.69) is 66.0 Å². The smallest absolute Gasteiger partial charge is 0.324 e. The van der Waals surface area contributed by atoms with Crippen molar-refractivity contribution in [3.63, 3.8) is 0 Å². The molecule has 4 rings (SSSR count). The molecule has 2 aromatic carbocycles. The summed E-state index contributed by atoms with van der Waals surface area (Å²) in [5.74, 6) is -0.0545. The van der Waals surface area contributed by atoms with Crippen LogP contribution in [0, 0.1) is 0 Å². The van der Waals surface area contributed by atoms with Gasteiger partial charge in [0.1, 0.15) is 32.2 Å². The van der Waals surface area contributed by atoms with Crippen LogP contribution in [0.1, 0.15) is 24.1 Å². The van der Waals surface area contributed by atoms with Crippen LogP contribution in [0.3, 0.4) is 0 Å². The fourth-order valence-electron chi connectivity index (χ4n) is 4.66. The molecule has 2 saturated heterocycles. The second-order valence-electron chi connectivity index (χ2n) is 8.01. The van der Waals surface area contributed by atoms with Crippen LogP contribution in [0.15, 0.2) is 60.7 Å². The topological polar surface area (TPSA) is 58.3 Å². The number of carbonyl (C=O) groups is 2. The number of hydrogen-bond donors (Lipinski definition) is 3. The molecule has 0 radical (unpaired) electrons.